The Hall–Kier alpha value is -0.530. The number of halogens is 1. The molecule has 86 valence electrons. The van der Waals surface area contributed by atoms with Gasteiger partial charge in [-0.05, 0) is 48.9 Å². The van der Waals surface area contributed by atoms with Gasteiger partial charge in [0.05, 0.1) is 0 Å². The Kier molecular flexibility index (Phi) is 2.91. The SMILES string of the molecule is Clc1ccc2c(c1)CCC2NC1CCCC1. The van der Waals surface area contributed by atoms with Crippen molar-refractivity contribution in [2.24, 2.45) is 0 Å². The van der Waals surface area contributed by atoms with Crippen molar-refractivity contribution in [2.75, 3.05) is 0 Å². The van der Waals surface area contributed by atoms with Crippen molar-refractivity contribution in [3.05, 3.63) is 34.3 Å². The van der Waals surface area contributed by atoms with E-state index in [0.29, 0.717) is 6.04 Å². The third-order valence-electron chi connectivity index (χ3n) is 3.97. The lowest BCUT2D eigenvalue weighted by molar-refractivity contribution is 0.438. The van der Waals surface area contributed by atoms with Crippen LogP contribution in [0.3, 0.4) is 0 Å². The van der Waals surface area contributed by atoms with Crippen LogP contribution in [-0.2, 0) is 6.42 Å². The van der Waals surface area contributed by atoms with Crippen molar-refractivity contribution in [2.45, 2.75) is 50.6 Å². The third kappa shape index (κ3) is 1.99. The van der Waals surface area contributed by atoms with E-state index >= 15 is 0 Å². The van der Waals surface area contributed by atoms with Gasteiger partial charge in [-0.1, -0.05) is 30.5 Å². The Morgan fingerprint density at radius 2 is 1.94 bits per heavy atom. The Balaban J connectivity index is 1.75. The summed E-state index contributed by atoms with van der Waals surface area (Å²) in [6, 6.07) is 7.70. The molecule has 0 amide bonds. The molecule has 1 saturated carbocycles. The van der Waals surface area contributed by atoms with Crippen LogP contribution >= 0.6 is 11.6 Å². The van der Waals surface area contributed by atoms with Gasteiger partial charge in [0, 0.05) is 17.1 Å². The van der Waals surface area contributed by atoms with E-state index in [9.17, 15) is 0 Å². The van der Waals surface area contributed by atoms with Crippen molar-refractivity contribution in [1.82, 2.24) is 5.32 Å². The number of fused-ring (bicyclic) bond motifs is 1. The molecule has 1 nitrogen and oxygen atoms in total. The Morgan fingerprint density at radius 3 is 2.75 bits per heavy atom. The fraction of sp³-hybridized carbons (Fsp3) is 0.571. The molecule has 0 spiro atoms. The van der Waals surface area contributed by atoms with Gasteiger partial charge in [0.1, 0.15) is 0 Å². The van der Waals surface area contributed by atoms with E-state index in [1.54, 1.807) is 0 Å². The lowest BCUT2D eigenvalue weighted by Gasteiger charge is -2.19. The minimum atomic E-state index is 0.579. The lowest BCUT2D eigenvalue weighted by Crippen LogP contribution is -2.29. The topological polar surface area (TPSA) is 12.0 Å². The second-order valence-corrected chi connectivity index (χ2v) is 5.52. The molecule has 1 atom stereocenters. The summed E-state index contributed by atoms with van der Waals surface area (Å²) in [7, 11) is 0. The van der Waals surface area contributed by atoms with Crippen LogP contribution in [-0.4, -0.2) is 6.04 Å². The largest absolute Gasteiger partial charge is 0.307 e. The molecule has 0 heterocycles. The predicted molar refractivity (Wildman–Crippen MR) is 67.9 cm³/mol. The van der Waals surface area contributed by atoms with Gasteiger partial charge in [-0.15, -0.1) is 0 Å². The average Bonchev–Trinajstić information content (AvgIpc) is 2.89. The summed E-state index contributed by atoms with van der Waals surface area (Å²) in [4.78, 5) is 0. The fourth-order valence-corrected chi connectivity index (χ4v) is 3.33. The number of hydrogen-bond acceptors (Lipinski definition) is 1. The van der Waals surface area contributed by atoms with Crippen molar-refractivity contribution >= 4 is 11.6 Å². The monoisotopic (exact) mass is 235 g/mol. The van der Waals surface area contributed by atoms with Crippen molar-refractivity contribution in [1.29, 1.82) is 0 Å². The standard InChI is InChI=1S/C14H18ClN/c15-11-6-7-13-10(9-11)5-8-14(13)16-12-3-1-2-4-12/h6-7,9,12,14,16H,1-5,8H2. The van der Waals surface area contributed by atoms with Crippen LogP contribution in [0, 0.1) is 0 Å². The van der Waals surface area contributed by atoms with E-state index in [-0.39, 0.29) is 0 Å². The lowest BCUT2D eigenvalue weighted by atomic mass is 10.1. The van der Waals surface area contributed by atoms with Gasteiger partial charge in [-0.3, -0.25) is 0 Å². The maximum Gasteiger partial charge on any atom is 0.0408 e. The summed E-state index contributed by atoms with van der Waals surface area (Å²) < 4.78 is 0. The van der Waals surface area contributed by atoms with E-state index in [1.807, 2.05) is 6.07 Å². The van der Waals surface area contributed by atoms with Crippen LogP contribution in [0.25, 0.3) is 0 Å². The molecule has 0 radical (unpaired) electrons. The molecule has 0 bridgehead atoms. The molecule has 2 aliphatic rings. The van der Waals surface area contributed by atoms with Crippen molar-refractivity contribution in [3.63, 3.8) is 0 Å². The zero-order chi connectivity index (χ0) is 11.0. The molecular formula is C14H18ClN. The van der Waals surface area contributed by atoms with Gasteiger partial charge in [-0.2, -0.15) is 0 Å². The summed E-state index contributed by atoms with van der Waals surface area (Å²) in [6.07, 6.45) is 7.95. The Morgan fingerprint density at radius 1 is 1.12 bits per heavy atom. The molecule has 1 unspecified atom stereocenters. The first-order valence-electron chi connectivity index (χ1n) is 6.37. The van der Waals surface area contributed by atoms with Crippen LogP contribution in [0.15, 0.2) is 18.2 Å². The Labute approximate surface area is 102 Å². The summed E-state index contributed by atoms with van der Waals surface area (Å²) in [5.41, 5.74) is 2.93. The first kappa shape index (κ1) is 10.6. The van der Waals surface area contributed by atoms with Gasteiger partial charge in [0.25, 0.3) is 0 Å². The molecule has 16 heavy (non-hydrogen) atoms. The third-order valence-corrected chi connectivity index (χ3v) is 4.21. The van der Waals surface area contributed by atoms with E-state index in [1.165, 1.54) is 49.7 Å². The van der Waals surface area contributed by atoms with Crippen LogP contribution in [0.4, 0.5) is 0 Å². The molecule has 2 heteroatoms. The van der Waals surface area contributed by atoms with Crippen molar-refractivity contribution < 1.29 is 0 Å². The molecule has 2 aliphatic carbocycles. The summed E-state index contributed by atoms with van der Waals surface area (Å²) in [6.45, 7) is 0. The van der Waals surface area contributed by atoms with Crippen LogP contribution < -0.4 is 5.32 Å². The molecular weight excluding hydrogens is 218 g/mol. The minimum absolute atomic E-state index is 0.579. The van der Waals surface area contributed by atoms with Gasteiger partial charge >= 0.3 is 0 Å². The fourth-order valence-electron chi connectivity index (χ4n) is 3.14. The van der Waals surface area contributed by atoms with Gasteiger partial charge < -0.3 is 5.32 Å². The van der Waals surface area contributed by atoms with Crippen LogP contribution in [0.1, 0.15) is 49.3 Å². The van der Waals surface area contributed by atoms with E-state index in [4.69, 9.17) is 11.6 Å². The zero-order valence-corrected chi connectivity index (χ0v) is 10.3. The highest BCUT2D eigenvalue weighted by molar-refractivity contribution is 6.30. The maximum atomic E-state index is 6.02. The number of benzene rings is 1. The quantitative estimate of drug-likeness (QED) is 0.821. The molecule has 1 aromatic rings. The smallest absolute Gasteiger partial charge is 0.0408 e. The molecule has 0 aliphatic heterocycles. The number of nitrogens with one attached hydrogen (secondary N) is 1. The van der Waals surface area contributed by atoms with Crippen LogP contribution in [0.2, 0.25) is 5.02 Å². The second-order valence-electron chi connectivity index (χ2n) is 5.08. The zero-order valence-electron chi connectivity index (χ0n) is 9.51. The molecule has 1 fully saturated rings. The highest BCUT2D eigenvalue weighted by Gasteiger charge is 2.25. The van der Waals surface area contributed by atoms with Gasteiger partial charge in [0.15, 0.2) is 0 Å². The molecule has 0 saturated heterocycles. The van der Waals surface area contributed by atoms with Gasteiger partial charge in [-0.25, -0.2) is 0 Å². The minimum Gasteiger partial charge on any atom is -0.307 e. The Bertz CT molecular complexity index is 382. The van der Waals surface area contributed by atoms with Gasteiger partial charge in [0.2, 0.25) is 0 Å². The first-order chi connectivity index (χ1) is 7.83. The summed E-state index contributed by atoms with van der Waals surface area (Å²) in [5.74, 6) is 0. The van der Waals surface area contributed by atoms with E-state index in [2.05, 4.69) is 17.4 Å². The summed E-state index contributed by atoms with van der Waals surface area (Å²) >= 11 is 6.02. The normalized spacial score (nSPS) is 24.9. The maximum absolute atomic E-state index is 6.02. The van der Waals surface area contributed by atoms with E-state index in [0.717, 1.165) is 11.1 Å². The average molecular weight is 236 g/mol. The molecule has 1 aromatic carbocycles. The molecule has 0 aromatic heterocycles. The molecule has 1 N–H and O–H groups in total. The number of aryl methyl sites for hydroxylation is 1. The van der Waals surface area contributed by atoms with Crippen LogP contribution in [0.5, 0.6) is 0 Å². The van der Waals surface area contributed by atoms with Crippen molar-refractivity contribution in [3.8, 4) is 0 Å². The highest BCUT2D eigenvalue weighted by atomic mass is 35.5. The first-order valence-corrected chi connectivity index (χ1v) is 6.75. The molecule has 3 rings (SSSR count). The predicted octanol–water partition coefficient (Wildman–Crippen LogP) is 3.86. The summed E-state index contributed by atoms with van der Waals surface area (Å²) in [5, 5.41) is 4.69. The number of rotatable bonds is 2. The number of hydrogen-bond donors (Lipinski definition) is 1. The highest BCUT2D eigenvalue weighted by Crippen LogP contribution is 2.34. The second kappa shape index (κ2) is 4.38. The van der Waals surface area contributed by atoms with E-state index < -0.39 is 0 Å².